The minimum atomic E-state index is 0.613. The zero-order valence-electron chi connectivity index (χ0n) is 14.4. The van der Waals surface area contributed by atoms with E-state index in [1.165, 1.54) is 11.8 Å². The van der Waals surface area contributed by atoms with Gasteiger partial charge >= 0.3 is 0 Å². The number of benzene rings is 2. The Labute approximate surface area is 158 Å². The zero-order chi connectivity index (χ0) is 18.2. The number of para-hydroxylation sites is 3. The average molecular weight is 373 g/mol. The lowest BCUT2D eigenvalue weighted by Gasteiger charge is -2.08. The van der Waals surface area contributed by atoms with Crippen LogP contribution in [0.5, 0.6) is 0 Å². The Morgan fingerprint density at radius 2 is 1.74 bits per heavy atom. The summed E-state index contributed by atoms with van der Waals surface area (Å²) in [5, 5.41) is 12.8. The predicted molar refractivity (Wildman–Crippen MR) is 106 cm³/mol. The predicted octanol–water partition coefficient (Wildman–Crippen LogP) is 4.43. The molecular weight excluding hydrogens is 358 g/mol. The Kier molecular flexibility index (Phi) is 3.75. The van der Waals surface area contributed by atoms with E-state index in [0.29, 0.717) is 11.0 Å². The molecule has 0 aliphatic carbocycles. The molecule has 0 atom stereocenters. The highest BCUT2D eigenvalue weighted by atomic mass is 32.2. The minimum absolute atomic E-state index is 0.613. The number of hydrogen-bond acceptors (Lipinski definition) is 6. The molecule has 0 amide bonds. The van der Waals surface area contributed by atoms with E-state index in [1.54, 1.807) is 0 Å². The highest BCUT2D eigenvalue weighted by Gasteiger charge is 2.12. The van der Waals surface area contributed by atoms with Gasteiger partial charge in [0.1, 0.15) is 5.82 Å². The Balaban J connectivity index is 1.55. The van der Waals surface area contributed by atoms with Gasteiger partial charge in [-0.1, -0.05) is 24.3 Å². The van der Waals surface area contributed by atoms with E-state index in [0.717, 1.165) is 38.6 Å². The number of nitrogens with one attached hydrogen (secondary N) is 3. The molecule has 0 saturated carbocycles. The van der Waals surface area contributed by atoms with Crippen molar-refractivity contribution in [2.75, 3.05) is 5.32 Å². The number of fused-ring (bicyclic) bond motifs is 2. The topological polar surface area (TPSA) is 95.2 Å². The molecule has 2 aromatic carbocycles. The summed E-state index contributed by atoms with van der Waals surface area (Å²) in [7, 11) is 0. The summed E-state index contributed by atoms with van der Waals surface area (Å²) in [6.07, 6.45) is 0. The first-order chi connectivity index (χ1) is 13.2. The van der Waals surface area contributed by atoms with Gasteiger partial charge in [0, 0.05) is 17.1 Å². The number of anilines is 2. The first-order valence-electron chi connectivity index (χ1n) is 8.43. The molecule has 0 fully saturated rings. The second kappa shape index (κ2) is 6.40. The largest absolute Gasteiger partial charge is 0.333 e. The lowest BCUT2D eigenvalue weighted by atomic mass is 10.2. The fourth-order valence-corrected chi connectivity index (χ4v) is 3.62. The van der Waals surface area contributed by atoms with Crippen molar-refractivity contribution in [3.05, 3.63) is 60.3 Å². The van der Waals surface area contributed by atoms with Gasteiger partial charge in [-0.25, -0.2) is 15.0 Å². The van der Waals surface area contributed by atoms with Crippen LogP contribution in [0.15, 0.2) is 64.9 Å². The Morgan fingerprint density at radius 3 is 2.56 bits per heavy atom. The molecule has 0 bridgehead atoms. The number of aryl methyl sites for hydroxylation is 1. The quantitative estimate of drug-likeness (QED) is 0.403. The van der Waals surface area contributed by atoms with Crippen molar-refractivity contribution in [3.8, 4) is 0 Å². The smallest absolute Gasteiger partial charge is 0.197 e. The van der Waals surface area contributed by atoms with Crippen LogP contribution in [0.25, 0.3) is 21.9 Å². The molecule has 0 radical (unpaired) electrons. The van der Waals surface area contributed by atoms with Gasteiger partial charge in [0.05, 0.1) is 16.6 Å². The molecule has 132 valence electrons. The van der Waals surface area contributed by atoms with Gasteiger partial charge < -0.3 is 10.3 Å². The van der Waals surface area contributed by atoms with E-state index < -0.39 is 0 Å². The van der Waals surface area contributed by atoms with E-state index in [1.807, 2.05) is 61.5 Å². The summed E-state index contributed by atoms with van der Waals surface area (Å²) in [5.74, 6) is 1.43. The van der Waals surface area contributed by atoms with Crippen LogP contribution >= 0.6 is 11.8 Å². The molecule has 5 aromatic rings. The Bertz CT molecular complexity index is 1220. The molecule has 0 saturated heterocycles. The summed E-state index contributed by atoms with van der Waals surface area (Å²) in [6.45, 7) is 1.96. The zero-order valence-corrected chi connectivity index (χ0v) is 15.2. The van der Waals surface area contributed by atoms with Crippen LogP contribution in [0.3, 0.4) is 0 Å². The summed E-state index contributed by atoms with van der Waals surface area (Å²) < 4.78 is 0. The van der Waals surface area contributed by atoms with Gasteiger partial charge in [-0.15, -0.1) is 0 Å². The first kappa shape index (κ1) is 15.8. The number of imidazole rings is 1. The number of rotatable bonds is 4. The van der Waals surface area contributed by atoms with Gasteiger partial charge in [0.2, 0.25) is 0 Å². The molecule has 7 nitrogen and oxygen atoms in total. The normalized spacial score (nSPS) is 11.3. The van der Waals surface area contributed by atoms with Crippen molar-refractivity contribution >= 4 is 45.3 Å². The van der Waals surface area contributed by atoms with Gasteiger partial charge in [-0.3, -0.25) is 5.10 Å². The maximum absolute atomic E-state index is 4.70. The van der Waals surface area contributed by atoms with Gasteiger partial charge in [0.25, 0.3) is 0 Å². The third kappa shape index (κ3) is 3.11. The molecule has 0 spiro atoms. The lowest BCUT2D eigenvalue weighted by molar-refractivity contribution is 0.983. The monoisotopic (exact) mass is 373 g/mol. The molecule has 0 aliphatic heterocycles. The van der Waals surface area contributed by atoms with Crippen molar-refractivity contribution in [2.45, 2.75) is 17.2 Å². The van der Waals surface area contributed by atoms with Crippen molar-refractivity contribution < 1.29 is 0 Å². The van der Waals surface area contributed by atoms with Crippen molar-refractivity contribution in [3.63, 3.8) is 0 Å². The molecular formula is C19H15N7S. The molecule has 0 aliphatic rings. The van der Waals surface area contributed by atoms with Gasteiger partial charge in [-0.2, -0.15) is 5.10 Å². The van der Waals surface area contributed by atoms with E-state index in [9.17, 15) is 0 Å². The summed E-state index contributed by atoms with van der Waals surface area (Å²) in [5.41, 5.74) is 3.76. The Morgan fingerprint density at radius 1 is 0.926 bits per heavy atom. The first-order valence-corrected chi connectivity index (χ1v) is 9.25. The standard InChI is InChI=1S/C19H15N7S/c1-11-10-16(26-25-11)23-17-12-6-2-3-7-13(12)20-19(24-17)27-18-21-14-8-4-5-9-15(14)22-18/h2-10H,1H3,(H,21,22)(H2,20,23,24,25,26). The van der Waals surface area contributed by atoms with Crippen molar-refractivity contribution in [1.82, 2.24) is 30.1 Å². The highest BCUT2D eigenvalue weighted by molar-refractivity contribution is 7.99. The number of hydrogen-bond donors (Lipinski definition) is 3. The Hall–Kier alpha value is -3.39. The third-order valence-corrected chi connectivity index (χ3v) is 4.84. The van der Waals surface area contributed by atoms with Crippen LogP contribution in [0, 0.1) is 6.92 Å². The maximum atomic E-state index is 4.70. The van der Waals surface area contributed by atoms with Crippen LogP contribution in [-0.4, -0.2) is 30.1 Å². The van der Waals surface area contributed by atoms with E-state index in [4.69, 9.17) is 4.98 Å². The number of aromatic amines is 2. The van der Waals surface area contributed by atoms with Gasteiger partial charge in [0.15, 0.2) is 16.1 Å². The molecule has 3 aromatic heterocycles. The second-order valence-corrected chi connectivity index (χ2v) is 7.05. The van der Waals surface area contributed by atoms with E-state index >= 15 is 0 Å². The molecule has 8 heteroatoms. The summed E-state index contributed by atoms with van der Waals surface area (Å²) >= 11 is 1.40. The average Bonchev–Trinajstić information content (AvgIpc) is 3.27. The van der Waals surface area contributed by atoms with E-state index in [2.05, 4.69) is 30.5 Å². The molecule has 3 N–H and O–H groups in total. The maximum Gasteiger partial charge on any atom is 0.197 e. The lowest BCUT2D eigenvalue weighted by Crippen LogP contribution is -1.99. The third-order valence-electron chi connectivity index (χ3n) is 4.09. The highest BCUT2D eigenvalue weighted by Crippen LogP contribution is 2.30. The second-order valence-electron chi connectivity index (χ2n) is 6.09. The summed E-state index contributed by atoms with van der Waals surface area (Å²) in [4.78, 5) is 17.3. The van der Waals surface area contributed by atoms with Crippen molar-refractivity contribution in [1.29, 1.82) is 0 Å². The van der Waals surface area contributed by atoms with Crippen LogP contribution in [0.4, 0.5) is 11.6 Å². The fourth-order valence-electron chi connectivity index (χ4n) is 2.86. The number of aromatic nitrogens is 6. The molecule has 0 unspecified atom stereocenters. The van der Waals surface area contributed by atoms with Gasteiger partial charge in [-0.05, 0) is 43.0 Å². The van der Waals surface area contributed by atoms with Crippen molar-refractivity contribution in [2.24, 2.45) is 0 Å². The number of H-pyrrole nitrogens is 2. The fraction of sp³-hybridized carbons (Fsp3) is 0.0526. The van der Waals surface area contributed by atoms with E-state index in [-0.39, 0.29) is 0 Å². The number of nitrogens with zero attached hydrogens (tertiary/aromatic N) is 4. The minimum Gasteiger partial charge on any atom is -0.333 e. The molecule has 3 heterocycles. The van der Waals surface area contributed by atoms with Crippen LogP contribution in [0.2, 0.25) is 0 Å². The SMILES string of the molecule is Cc1cc(Nc2nc(Sc3nc4ccccc4[nH]3)nc3ccccc23)n[nH]1. The molecule has 5 rings (SSSR count). The van der Waals surface area contributed by atoms with Crippen LogP contribution < -0.4 is 5.32 Å². The molecule has 27 heavy (non-hydrogen) atoms. The summed E-state index contributed by atoms with van der Waals surface area (Å²) in [6, 6.07) is 17.8. The van der Waals surface area contributed by atoms with Crippen LogP contribution in [0.1, 0.15) is 5.69 Å². The van der Waals surface area contributed by atoms with Crippen LogP contribution in [-0.2, 0) is 0 Å².